The summed E-state index contributed by atoms with van der Waals surface area (Å²) >= 11 is 0. The molecular weight excluding hydrogens is 332 g/mol. The van der Waals surface area contributed by atoms with Crippen molar-refractivity contribution >= 4 is 34.4 Å². The number of benzene rings is 2. The first-order valence-electron chi connectivity index (χ1n) is 8.27. The van der Waals surface area contributed by atoms with E-state index in [1.165, 1.54) is 0 Å². The minimum absolute atomic E-state index is 0.0471. The van der Waals surface area contributed by atoms with Gasteiger partial charge in [-0.2, -0.15) is 0 Å². The molecule has 3 amide bonds. The molecule has 134 valence electrons. The van der Waals surface area contributed by atoms with E-state index in [-0.39, 0.29) is 18.0 Å². The Balaban J connectivity index is 1.66. The van der Waals surface area contributed by atoms with Crippen LogP contribution in [0.15, 0.2) is 46.9 Å². The predicted octanol–water partition coefficient (Wildman–Crippen LogP) is 3.92. The van der Waals surface area contributed by atoms with E-state index in [4.69, 9.17) is 4.42 Å². The van der Waals surface area contributed by atoms with Gasteiger partial charge in [-0.1, -0.05) is 0 Å². The van der Waals surface area contributed by atoms with Gasteiger partial charge >= 0.3 is 6.03 Å². The molecule has 1 heterocycles. The Morgan fingerprint density at radius 2 is 1.69 bits per heavy atom. The molecule has 1 aromatic heterocycles. The van der Waals surface area contributed by atoms with E-state index in [0.29, 0.717) is 33.9 Å². The number of rotatable bonds is 4. The fraction of sp³-hybridized carbons (Fsp3) is 0.211. The van der Waals surface area contributed by atoms with Gasteiger partial charge in [0.1, 0.15) is 5.52 Å². The number of hydrogen-bond acceptors (Lipinski definition) is 4. The maximum Gasteiger partial charge on any atom is 0.319 e. The van der Waals surface area contributed by atoms with Crippen molar-refractivity contribution in [2.24, 2.45) is 0 Å². The predicted molar refractivity (Wildman–Crippen MR) is 100 cm³/mol. The summed E-state index contributed by atoms with van der Waals surface area (Å²) in [4.78, 5) is 28.3. The number of nitrogens with zero attached hydrogens (tertiary/aromatic N) is 1. The Labute approximate surface area is 150 Å². The smallest absolute Gasteiger partial charge is 0.319 e. The molecule has 3 N–H and O–H groups in total. The molecule has 3 rings (SSSR count). The van der Waals surface area contributed by atoms with Crippen LogP contribution in [0.2, 0.25) is 0 Å². The number of nitrogens with one attached hydrogen (secondary N) is 3. The molecule has 7 nitrogen and oxygen atoms in total. The molecular formula is C19H20N4O3. The van der Waals surface area contributed by atoms with Crippen LogP contribution in [0.3, 0.4) is 0 Å². The molecule has 0 spiro atoms. The van der Waals surface area contributed by atoms with Crippen LogP contribution >= 0.6 is 0 Å². The quantitative estimate of drug-likeness (QED) is 0.663. The average Bonchev–Trinajstić information content (AvgIpc) is 2.94. The lowest BCUT2D eigenvalue weighted by Gasteiger charge is -2.10. The SMILES string of the molecule is Cc1nc2cc(NC(=O)c3ccc(NC(=O)NC(C)C)cc3)ccc2o1. The van der Waals surface area contributed by atoms with Gasteiger partial charge in [0.2, 0.25) is 0 Å². The van der Waals surface area contributed by atoms with Crippen LogP contribution in [0.25, 0.3) is 11.1 Å². The Morgan fingerprint density at radius 3 is 2.38 bits per heavy atom. The number of aryl methyl sites for hydroxylation is 1. The highest BCUT2D eigenvalue weighted by atomic mass is 16.3. The monoisotopic (exact) mass is 352 g/mol. The van der Waals surface area contributed by atoms with E-state index in [9.17, 15) is 9.59 Å². The number of carbonyl (C=O) groups excluding carboxylic acids is 2. The largest absolute Gasteiger partial charge is 0.441 e. The standard InChI is InChI=1S/C19H20N4O3/c1-11(2)20-19(25)23-14-6-4-13(5-7-14)18(24)22-15-8-9-17-16(10-15)21-12(3)26-17/h4-11H,1-3H3,(H,22,24)(H2,20,23,25). The van der Waals surface area contributed by atoms with Gasteiger partial charge in [0, 0.05) is 29.9 Å². The van der Waals surface area contributed by atoms with E-state index in [2.05, 4.69) is 20.9 Å². The van der Waals surface area contributed by atoms with Gasteiger partial charge in [-0.05, 0) is 56.3 Å². The van der Waals surface area contributed by atoms with Crippen molar-refractivity contribution in [1.82, 2.24) is 10.3 Å². The summed E-state index contributed by atoms with van der Waals surface area (Å²) in [5.41, 5.74) is 3.09. The van der Waals surface area contributed by atoms with E-state index in [1.54, 1.807) is 49.4 Å². The average molecular weight is 352 g/mol. The number of amides is 3. The van der Waals surface area contributed by atoms with Crippen LogP contribution in [-0.4, -0.2) is 23.0 Å². The minimum Gasteiger partial charge on any atom is -0.441 e. The molecule has 0 aliphatic heterocycles. The molecule has 0 atom stereocenters. The van der Waals surface area contributed by atoms with Crippen LogP contribution in [0.4, 0.5) is 16.2 Å². The van der Waals surface area contributed by atoms with Gasteiger partial charge in [-0.25, -0.2) is 9.78 Å². The van der Waals surface area contributed by atoms with Gasteiger partial charge in [0.25, 0.3) is 5.91 Å². The zero-order valence-corrected chi connectivity index (χ0v) is 14.8. The fourth-order valence-corrected chi connectivity index (χ4v) is 2.46. The molecule has 26 heavy (non-hydrogen) atoms. The number of urea groups is 1. The van der Waals surface area contributed by atoms with Gasteiger partial charge < -0.3 is 20.4 Å². The molecule has 0 fully saturated rings. The molecule has 0 saturated heterocycles. The molecule has 0 unspecified atom stereocenters. The summed E-state index contributed by atoms with van der Waals surface area (Å²) in [6.45, 7) is 5.53. The van der Waals surface area contributed by atoms with Crippen LogP contribution in [0.1, 0.15) is 30.1 Å². The second-order valence-electron chi connectivity index (χ2n) is 6.20. The van der Waals surface area contributed by atoms with E-state index in [0.717, 1.165) is 0 Å². The molecule has 0 bridgehead atoms. The molecule has 2 aromatic carbocycles. The third kappa shape index (κ3) is 4.18. The van der Waals surface area contributed by atoms with E-state index in [1.807, 2.05) is 13.8 Å². The van der Waals surface area contributed by atoms with Crippen molar-refractivity contribution < 1.29 is 14.0 Å². The van der Waals surface area contributed by atoms with E-state index < -0.39 is 0 Å². The highest BCUT2D eigenvalue weighted by Gasteiger charge is 2.09. The molecule has 0 radical (unpaired) electrons. The first-order chi connectivity index (χ1) is 12.4. The number of carbonyl (C=O) groups is 2. The number of anilines is 2. The van der Waals surface area contributed by atoms with Crippen molar-refractivity contribution in [1.29, 1.82) is 0 Å². The molecule has 3 aromatic rings. The summed E-state index contributed by atoms with van der Waals surface area (Å²) in [5.74, 6) is 0.329. The van der Waals surface area contributed by atoms with Gasteiger partial charge in [-0.15, -0.1) is 0 Å². The summed E-state index contributed by atoms with van der Waals surface area (Å²) in [6, 6.07) is 11.7. The van der Waals surface area contributed by atoms with Crippen LogP contribution in [0, 0.1) is 6.92 Å². The lowest BCUT2D eigenvalue weighted by molar-refractivity contribution is 0.102. The maximum absolute atomic E-state index is 12.4. The molecule has 0 aliphatic carbocycles. The lowest BCUT2D eigenvalue weighted by atomic mass is 10.2. The van der Waals surface area contributed by atoms with Crippen molar-refractivity contribution in [2.45, 2.75) is 26.8 Å². The van der Waals surface area contributed by atoms with E-state index >= 15 is 0 Å². The van der Waals surface area contributed by atoms with Crippen LogP contribution < -0.4 is 16.0 Å². The third-order valence-corrected chi connectivity index (χ3v) is 3.58. The number of fused-ring (bicyclic) bond motifs is 1. The van der Waals surface area contributed by atoms with Gasteiger partial charge in [0.15, 0.2) is 11.5 Å². The third-order valence-electron chi connectivity index (χ3n) is 3.58. The number of aromatic nitrogens is 1. The highest BCUT2D eigenvalue weighted by Crippen LogP contribution is 2.20. The van der Waals surface area contributed by atoms with Crippen molar-refractivity contribution in [3.05, 3.63) is 53.9 Å². The zero-order chi connectivity index (χ0) is 18.7. The fourth-order valence-electron chi connectivity index (χ4n) is 2.46. The van der Waals surface area contributed by atoms with Gasteiger partial charge in [0.05, 0.1) is 0 Å². The highest BCUT2D eigenvalue weighted by molar-refractivity contribution is 6.05. The Hall–Kier alpha value is -3.35. The zero-order valence-electron chi connectivity index (χ0n) is 14.8. The maximum atomic E-state index is 12.4. The second-order valence-corrected chi connectivity index (χ2v) is 6.20. The van der Waals surface area contributed by atoms with Crippen LogP contribution in [-0.2, 0) is 0 Å². The number of hydrogen-bond donors (Lipinski definition) is 3. The minimum atomic E-state index is -0.284. The molecule has 7 heteroatoms. The van der Waals surface area contributed by atoms with Crippen molar-refractivity contribution in [3.63, 3.8) is 0 Å². The summed E-state index contributed by atoms with van der Waals surface area (Å²) < 4.78 is 5.42. The molecule has 0 saturated carbocycles. The number of oxazole rings is 1. The van der Waals surface area contributed by atoms with Crippen molar-refractivity contribution in [2.75, 3.05) is 10.6 Å². The normalized spacial score (nSPS) is 10.8. The summed E-state index contributed by atoms with van der Waals surface area (Å²) in [5, 5.41) is 8.27. The van der Waals surface area contributed by atoms with Crippen molar-refractivity contribution in [3.8, 4) is 0 Å². The lowest BCUT2D eigenvalue weighted by Crippen LogP contribution is -2.34. The Bertz CT molecular complexity index is 945. The first kappa shape index (κ1) is 17.5. The molecule has 0 aliphatic rings. The van der Waals surface area contributed by atoms with Gasteiger partial charge in [-0.3, -0.25) is 4.79 Å². The second kappa shape index (κ2) is 7.26. The Kier molecular flexibility index (Phi) is 4.88. The topological polar surface area (TPSA) is 96.3 Å². The first-order valence-corrected chi connectivity index (χ1v) is 8.27. The van der Waals surface area contributed by atoms with Crippen LogP contribution in [0.5, 0.6) is 0 Å². The summed E-state index contributed by atoms with van der Waals surface area (Å²) in [6.07, 6.45) is 0. The Morgan fingerprint density at radius 1 is 1.00 bits per heavy atom. The summed E-state index contributed by atoms with van der Waals surface area (Å²) in [7, 11) is 0.